The zero-order chi connectivity index (χ0) is 24.0. The standard InChI is InChI=1S/C21H17ClF5N3O2S/c22-13-6-11(9-30-5-1-4-20(23,24)10-30)17(31)14(8-13)18(32)29-19-28-15-3-2-12(21(25,26)27)7-16(15)33-19/h2-3,6-8,31H,1,4-5,9-10H2,(H,28,29,32). The number of hydrogen-bond acceptors (Lipinski definition) is 5. The molecule has 1 aliphatic rings. The van der Waals surface area contributed by atoms with Crippen LogP contribution in [-0.2, 0) is 12.7 Å². The third-order valence-electron chi connectivity index (χ3n) is 5.20. The zero-order valence-corrected chi connectivity index (χ0v) is 18.4. The summed E-state index contributed by atoms with van der Waals surface area (Å²) in [6.45, 7) is -0.0790. The minimum absolute atomic E-state index is 0.0242. The van der Waals surface area contributed by atoms with Crippen LogP contribution in [0.1, 0.15) is 34.3 Å². The highest BCUT2D eigenvalue weighted by atomic mass is 35.5. The monoisotopic (exact) mass is 505 g/mol. The van der Waals surface area contributed by atoms with Crippen molar-refractivity contribution in [2.24, 2.45) is 0 Å². The summed E-state index contributed by atoms with van der Waals surface area (Å²) in [5.41, 5.74) is -0.553. The minimum Gasteiger partial charge on any atom is -0.507 e. The number of phenolic OH excluding ortho intramolecular Hbond substituents is 1. The van der Waals surface area contributed by atoms with Crippen molar-refractivity contribution in [2.75, 3.05) is 18.4 Å². The largest absolute Gasteiger partial charge is 0.507 e. The number of rotatable bonds is 4. The number of fused-ring (bicyclic) bond motifs is 1. The Hall–Kier alpha value is -2.50. The van der Waals surface area contributed by atoms with Gasteiger partial charge in [0.15, 0.2) is 5.13 Å². The summed E-state index contributed by atoms with van der Waals surface area (Å²) in [5, 5.41) is 13.2. The van der Waals surface area contributed by atoms with E-state index in [4.69, 9.17) is 11.6 Å². The summed E-state index contributed by atoms with van der Waals surface area (Å²) in [6.07, 6.45) is -4.41. The van der Waals surface area contributed by atoms with Gasteiger partial charge >= 0.3 is 6.18 Å². The van der Waals surface area contributed by atoms with Crippen molar-refractivity contribution >= 4 is 44.2 Å². The smallest absolute Gasteiger partial charge is 0.416 e. The van der Waals surface area contributed by atoms with Gasteiger partial charge in [0, 0.05) is 23.6 Å². The molecule has 4 rings (SSSR count). The van der Waals surface area contributed by atoms with Gasteiger partial charge in [-0.3, -0.25) is 15.0 Å². The summed E-state index contributed by atoms with van der Waals surface area (Å²) in [6, 6.07) is 5.65. The molecule has 0 atom stereocenters. The predicted octanol–water partition coefficient (Wildman–Crippen LogP) is 6.16. The molecular weight excluding hydrogens is 489 g/mol. The van der Waals surface area contributed by atoms with E-state index in [0.29, 0.717) is 13.0 Å². The Morgan fingerprint density at radius 1 is 1.27 bits per heavy atom. The van der Waals surface area contributed by atoms with Gasteiger partial charge in [0.05, 0.1) is 27.9 Å². The molecule has 0 spiro atoms. The lowest BCUT2D eigenvalue weighted by Crippen LogP contribution is -2.42. The van der Waals surface area contributed by atoms with Crippen LogP contribution in [0.2, 0.25) is 5.02 Å². The van der Waals surface area contributed by atoms with Crippen molar-refractivity contribution in [2.45, 2.75) is 31.5 Å². The van der Waals surface area contributed by atoms with Gasteiger partial charge < -0.3 is 5.11 Å². The van der Waals surface area contributed by atoms with E-state index < -0.39 is 35.9 Å². The predicted molar refractivity (Wildman–Crippen MR) is 115 cm³/mol. The van der Waals surface area contributed by atoms with Crippen molar-refractivity contribution in [1.82, 2.24) is 9.88 Å². The van der Waals surface area contributed by atoms with E-state index >= 15 is 0 Å². The fraction of sp³-hybridized carbons (Fsp3) is 0.333. The molecule has 1 saturated heterocycles. The number of aromatic nitrogens is 1. The molecule has 3 aromatic rings. The van der Waals surface area contributed by atoms with Crippen molar-refractivity contribution in [3.05, 3.63) is 52.0 Å². The van der Waals surface area contributed by atoms with Gasteiger partial charge in [-0.05, 0) is 43.3 Å². The lowest BCUT2D eigenvalue weighted by molar-refractivity contribution is -0.137. The molecule has 0 saturated carbocycles. The van der Waals surface area contributed by atoms with Crippen LogP contribution in [0.25, 0.3) is 10.2 Å². The lowest BCUT2D eigenvalue weighted by atomic mass is 10.0. The van der Waals surface area contributed by atoms with E-state index in [-0.39, 0.29) is 44.5 Å². The highest BCUT2D eigenvalue weighted by molar-refractivity contribution is 7.22. The molecule has 0 bridgehead atoms. The van der Waals surface area contributed by atoms with Crippen LogP contribution in [0.3, 0.4) is 0 Å². The lowest BCUT2D eigenvalue weighted by Gasteiger charge is -2.32. The summed E-state index contributed by atoms with van der Waals surface area (Å²) in [4.78, 5) is 18.3. The molecule has 2 heterocycles. The van der Waals surface area contributed by atoms with Crippen molar-refractivity contribution in [3.8, 4) is 5.75 Å². The number of likely N-dealkylation sites (tertiary alicyclic amines) is 1. The Balaban J connectivity index is 1.56. The Kier molecular flexibility index (Phi) is 6.23. The second-order valence-electron chi connectivity index (χ2n) is 7.78. The molecule has 1 fully saturated rings. The summed E-state index contributed by atoms with van der Waals surface area (Å²) < 4.78 is 66.4. The van der Waals surface area contributed by atoms with Gasteiger partial charge in [-0.15, -0.1) is 0 Å². The van der Waals surface area contributed by atoms with Crippen molar-refractivity contribution < 1.29 is 31.9 Å². The van der Waals surface area contributed by atoms with Gasteiger partial charge in [-0.2, -0.15) is 13.2 Å². The molecule has 176 valence electrons. The van der Waals surface area contributed by atoms with E-state index in [1.807, 2.05) is 0 Å². The van der Waals surface area contributed by atoms with Crippen molar-refractivity contribution in [3.63, 3.8) is 0 Å². The normalized spacial score (nSPS) is 16.8. The average Bonchev–Trinajstić information content (AvgIpc) is 3.10. The van der Waals surface area contributed by atoms with Crippen LogP contribution in [0.15, 0.2) is 30.3 Å². The van der Waals surface area contributed by atoms with Crippen LogP contribution in [-0.4, -0.2) is 39.9 Å². The number of alkyl halides is 5. The van der Waals surface area contributed by atoms with Gasteiger partial charge in [0.2, 0.25) is 0 Å². The molecule has 33 heavy (non-hydrogen) atoms. The number of nitrogens with zero attached hydrogens (tertiary/aromatic N) is 2. The summed E-state index contributed by atoms with van der Waals surface area (Å²) in [5.74, 6) is -4.02. The SMILES string of the molecule is O=C(Nc1nc2ccc(C(F)(F)F)cc2s1)c1cc(Cl)cc(CN2CCCC(F)(F)C2)c1O. The molecule has 2 N–H and O–H groups in total. The second-order valence-corrected chi connectivity index (χ2v) is 9.25. The van der Waals surface area contributed by atoms with Crippen LogP contribution in [0.5, 0.6) is 5.75 Å². The minimum atomic E-state index is -4.51. The molecule has 0 unspecified atom stereocenters. The Morgan fingerprint density at radius 3 is 2.73 bits per heavy atom. The third kappa shape index (κ3) is 5.36. The number of amides is 1. The van der Waals surface area contributed by atoms with E-state index in [9.17, 15) is 31.9 Å². The van der Waals surface area contributed by atoms with Gasteiger partial charge in [-0.25, -0.2) is 13.8 Å². The van der Waals surface area contributed by atoms with Gasteiger partial charge in [-0.1, -0.05) is 22.9 Å². The number of carbonyl (C=O) groups is 1. The van der Waals surface area contributed by atoms with Gasteiger partial charge in [0.25, 0.3) is 11.8 Å². The molecular formula is C21H17ClF5N3O2S. The fourth-order valence-electron chi connectivity index (χ4n) is 3.69. The van der Waals surface area contributed by atoms with E-state index in [1.54, 1.807) is 0 Å². The first kappa shape index (κ1) is 23.7. The molecule has 1 aromatic heterocycles. The quantitative estimate of drug-likeness (QED) is 0.417. The maximum atomic E-state index is 13.7. The number of hydrogen-bond donors (Lipinski definition) is 2. The van der Waals surface area contributed by atoms with Crippen LogP contribution in [0, 0.1) is 0 Å². The molecule has 5 nitrogen and oxygen atoms in total. The Labute approximate surface area is 193 Å². The molecule has 2 aromatic carbocycles. The topological polar surface area (TPSA) is 65.5 Å². The molecule has 0 aliphatic carbocycles. The number of aromatic hydroxyl groups is 1. The Bertz CT molecular complexity index is 1210. The first-order chi connectivity index (χ1) is 15.4. The summed E-state index contributed by atoms with van der Waals surface area (Å²) >= 11 is 6.93. The number of benzene rings is 2. The number of halogens is 6. The first-order valence-electron chi connectivity index (χ1n) is 9.82. The highest BCUT2D eigenvalue weighted by Gasteiger charge is 2.35. The number of phenols is 1. The number of nitrogens with one attached hydrogen (secondary N) is 1. The third-order valence-corrected chi connectivity index (χ3v) is 6.35. The van der Waals surface area contributed by atoms with Crippen LogP contribution in [0.4, 0.5) is 27.1 Å². The van der Waals surface area contributed by atoms with Gasteiger partial charge in [0.1, 0.15) is 5.75 Å². The highest BCUT2D eigenvalue weighted by Crippen LogP contribution is 2.36. The van der Waals surface area contributed by atoms with Crippen molar-refractivity contribution in [1.29, 1.82) is 0 Å². The maximum absolute atomic E-state index is 13.7. The first-order valence-corrected chi connectivity index (χ1v) is 11.0. The van der Waals surface area contributed by atoms with E-state index in [1.165, 1.54) is 23.1 Å². The molecule has 1 amide bonds. The molecule has 0 radical (unpaired) electrons. The number of carbonyl (C=O) groups excluding carboxylic acids is 1. The van der Waals surface area contributed by atoms with Crippen LogP contribution >= 0.6 is 22.9 Å². The summed E-state index contributed by atoms with van der Waals surface area (Å²) in [7, 11) is 0. The second kappa shape index (κ2) is 8.69. The number of piperidine rings is 1. The molecule has 12 heteroatoms. The maximum Gasteiger partial charge on any atom is 0.416 e. The van der Waals surface area contributed by atoms with Crippen LogP contribution < -0.4 is 5.32 Å². The average molecular weight is 506 g/mol. The fourth-order valence-corrected chi connectivity index (χ4v) is 4.83. The zero-order valence-electron chi connectivity index (χ0n) is 16.8. The molecule has 1 aliphatic heterocycles. The number of thiazole rings is 1. The Morgan fingerprint density at radius 2 is 2.03 bits per heavy atom. The van der Waals surface area contributed by atoms with E-state index in [0.717, 1.165) is 23.5 Å². The number of anilines is 1. The van der Waals surface area contributed by atoms with E-state index in [2.05, 4.69) is 10.3 Å².